The van der Waals surface area contributed by atoms with Crippen molar-refractivity contribution in [2.24, 2.45) is 5.41 Å². The topological polar surface area (TPSA) is 116 Å². The number of nitrogens with zero attached hydrogens (tertiary/aromatic N) is 6. The number of aromatic carboxylic acids is 1. The average molecular weight is 467 g/mol. The molecule has 1 aromatic carbocycles. The zero-order valence-corrected chi connectivity index (χ0v) is 19.2. The van der Waals surface area contributed by atoms with Gasteiger partial charge in [0.1, 0.15) is 0 Å². The quantitative estimate of drug-likeness (QED) is 0.524. The van der Waals surface area contributed by atoms with Gasteiger partial charge in [0.25, 0.3) is 5.69 Å². The van der Waals surface area contributed by atoms with E-state index in [1.165, 1.54) is 6.42 Å². The van der Waals surface area contributed by atoms with Crippen molar-refractivity contribution in [1.82, 2.24) is 14.9 Å². The zero-order chi connectivity index (χ0) is 23.7. The van der Waals surface area contributed by atoms with E-state index in [1.807, 2.05) is 12.1 Å². The Morgan fingerprint density at radius 2 is 1.53 bits per heavy atom. The number of nitro benzene ring substituents is 1. The van der Waals surface area contributed by atoms with E-state index < -0.39 is 5.97 Å². The van der Waals surface area contributed by atoms with Crippen molar-refractivity contribution in [1.29, 1.82) is 0 Å². The van der Waals surface area contributed by atoms with Crippen LogP contribution in [-0.2, 0) is 0 Å². The lowest BCUT2D eigenvalue weighted by atomic mass is 9.77. The molecule has 0 bridgehead atoms. The average Bonchev–Trinajstić information content (AvgIpc) is 3.28. The summed E-state index contributed by atoms with van der Waals surface area (Å²) in [5.74, 6) is -1.27. The smallest absolute Gasteiger partial charge is 0.373 e. The van der Waals surface area contributed by atoms with Crippen LogP contribution in [0.2, 0.25) is 0 Å². The maximum atomic E-state index is 11.0. The Hall–Kier alpha value is -3.27. The molecule has 2 aromatic rings. The van der Waals surface area contributed by atoms with Crippen LogP contribution in [0.5, 0.6) is 0 Å². The first kappa shape index (κ1) is 22.5. The highest BCUT2D eigenvalue weighted by molar-refractivity contribution is 5.83. The molecule has 3 fully saturated rings. The fraction of sp³-hybridized carbons (Fsp3) is 0.542. The fourth-order valence-corrected chi connectivity index (χ4v) is 5.80. The van der Waals surface area contributed by atoms with E-state index in [0.717, 1.165) is 76.3 Å². The normalized spacial score (nSPS) is 21.2. The first-order valence-corrected chi connectivity index (χ1v) is 12.0. The summed E-state index contributed by atoms with van der Waals surface area (Å²) in [6.45, 7) is 6.15. The molecule has 5 rings (SSSR count). The number of carboxylic acids is 1. The van der Waals surface area contributed by atoms with E-state index in [9.17, 15) is 14.9 Å². The number of nitro groups is 1. The summed E-state index contributed by atoms with van der Waals surface area (Å²) in [4.78, 5) is 36.7. The molecule has 3 aliphatic heterocycles. The van der Waals surface area contributed by atoms with Crippen molar-refractivity contribution < 1.29 is 14.8 Å². The summed E-state index contributed by atoms with van der Waals surface area (Å²) >= 11 is 0. The van der Waals surface area contributed by atoms with Gasteiger partial charge in [0, 0.05) is 56.6 Å². The summed E-state index contributed by atoms with van der Waals surface area (Å²) in [5, 5.41) is 19.9. The highest BCUT2D eigenvalue weighted by atomic mass is 16.6. The molecular formula is C24H30N6O4. The summed E-state index contributed by atoms with van der Waals surface area (Å²) in [6, 6.07) is 7.49. The summed E-state index contributed by atoms with van der Waals surface area (Å²) < 4.78 is 0. The first-order valence-electron chi connectivity index (χ1n) is 12.0. The first-order chi connectivity index (χ1) is 16.4. The molecule has 0 amide bonds. The molecule has 0 radical (unpaired) electrons. The van der Waals surface area contributed by atoms with E-state index in [0.29, 0.717) is 11.5 Å². The maximum absolute atomic E-state index is 11.0. The number of benzene rings is 1. The molecule has 0 atom stereocenters. The summed E-state index contributed by atoms with van der Waals surface area (Å²) in [7, 11) is 0. The van der Waals surface area contributed by atoms with E-state index in [4.69, 9.17) is 5.11 Å². The van der Waals surface area contributed by atoms with Crippen LogP contribution in [0.15, 0.2) is 36.7 Å². The van der Waals surface area contributed by atoms with Crippen LogP contribution in [0.1, 0.15) is 42.7 Å². The number of non-ortho nitro benzene ring substituents is 1. The number of aromatic nitrogens is 2. The summed E-state index contributed by atoms with van der Waals surface area (Å²) in [5.41, 5.74) is 2.47. The van der Waals surface area contributed by atoms with Gasteiger partial charge in [-0.15, -0.1) is 0 Å². The Bertz CT molecular complexity index is 1030. The van der Waals surface area contributed by atoms with E-state index in [1.54, 1.807) is 24.5 Å². The minimum Gasteiger partial charge on any atom is -0.475 e. The highest BCUT2D eigenvalue weighted by Crippen LogP contribution is 2.42. The number of carboxylic acid groups (broad SMARTS) is 1. The predicted molar refractivity (Wildman–Crippen MR) is 127 cm³/mol. The van der Waals surface area contributed by atoms with Gasteiger partial charge in [0.15, 0.2) is 0 Å². The highest BCUT2D eigenvalue weighted by Gasteiger charge is 2.43. The number of likely N-dealkylation sites (tertiary alicyclic amines) is 1. The van der Waals surface area contributed by atoms with Crippen molar-refractivity contribution in [2.75, 3.05) is 49.1 Å². The molecule has 1 spiro atoms. The number of carbonyl (C=O) groups is 1. The van der Waals surface area contributed by atoms with E-state index >= 15 is 0 Å². The van der Waals surface area contributed by atoms with Gasteiger partial charge in [0.2, 0.25) is 5.82 Å². The monoisotopic (exact) mass is 466 g/mol. The minimum atomic E-state index is -1.10. The maximum Gasteiger partial charge on any atom is 0.373 e. The molecule has 0 aliphatic carbocycles. The molecule has 3 saturated heterocycles. The minimum absolute atomic E-state index is 0.136. The lowest BCUT2D eigenvalue weighted by Crippen LogP contribution is -2.46. The fourth-order valence-electron chi connectivity index (χ4n) is 5.80. The van der Waals surface area contributed by atoms with Crippen LogP contribution in [0.4, 0.5) is 17.1 Å². The lowest BCUT2D eigenvalue weighted by molar-refractivity contribution is -0.384. The number of piperidine rings is 2. The third kappa shape index (κ3) is 4.54. The molecule has 1 aromatic heterocycles. The van der Waals surface area contributed by atoms with Gasteiger partial charge in [-0.25, -0.2) is 14.8 Å². The molecule has 10 heteroatoms. The second-order valence-corrected chi connectivity index (χ2v) is 9.77. The number of hydrogen-bond acceptors (Lipinski definition) is 8. The molecule has 10 nitrogen and oxygen atoms in total. The largest absolute Gasteiger partial charge is 0.475 e. The van der Waals surface area contributed by atoms with Gasteiger partial charge in [-0.3, -0.25) is 15.0 Å². The van der Waals surface area contributed by atoms with Crippen LogP contribution in [0.3, 0.4) is 0 Å². The van der Waals surface area contributed by atoms with Crippen LogP contribution >= 0.6 is 0 Å². The van der Waals surface area contributed by atoms with Crippen LogP contribution in [0.25, 0.3) is 0 Å². The van der Waals surface area contributed by atoms with Gasteiger partial charge in [-0.05, 0) is 56.2 Å². The van der Waals surface area contributed by atoms with Gasteiger partial charge in [0.05, 0.1) is 23.0 Å². The lowest BCUT2D eigenvalue weighted by Gasteiger charge is -2.42. The molecule has 4 heterocycles. The number of hydrogen-bond donors (Lipinski definition) is 1. The van der Waals surface area contributed by atoms with Gasteiger partial charge < -0.3 is 14.9 Å². The molecule has 34 heavy (non-hydrogen) atoms. The Morgan fingerprint density at radius 3 is 2.12 bits per heavy atom. The van der Waals surface area contributed by atoms with Gasteiger partial charge in [-0.1, -0.05) is 0 Å². The van der Waals surface area contributed by atoms with Crippen LogP contribution in [-0.4, -0.2) is 76.2 Å². The summed E-state index contributed by atoms with van der Waals surface area (Å²) in [6.07, 6.45) is 8.97. The third-order valence-electron chi connectivity index (χ3n) is 7.89. The third-order valence-corrected chi connectivity index (χ3v) is 7.89. The van der Waals surface area contributed by atoms with E-state index in [2.05, 4.69) is 24.7 Å². The van der Waals surface area contributed by atoms with Crippen molar-refractivity contribution >= 4 is 23.0 Å². The predicted octanol–water partition coefficient (Wildman–Crippen LogP) is 3.04. The molecule has 1 N–H and O–H groups in total. The Kier molecular flexibility index (Phi) is 6.07. The second kappa shape index (κ2) is 9.17. The van der Waals surface area contributed by atoms with Crippen molar-refractivity contribution in [3.8, 4) is 0 Å². The second-order valence-electron chi connectivity index (χ2n) is 9.77. The molecule has 180 valence electrons. The number of anilines is 2. The molecule has 3 aliphatic rings. The Balaban J connectivity index is 1.12. The van der Waals surface area contributed by atoms with Gasteiger partial charge in [-0.2, -0.15) is 0 Å². The van der Waals surface area contributed by atoms with Crippen LogP contribution < -0.4 is 9.80 Å². The van der Waals surface area contributed by atoms with Crippen molar-refractivity contribution in [2.45, 2.75) is 38.1 Å². The molecule has 0 unspecified atom stereocenters. The zero-order valence-electron chi connectivity index (χ0n) is 19.2. The van der Waals surface area contributed by atoms with Crippen molar-refractivity contribution in [3.63, 3.8) is 0 Å². The number of rotatable bonds is 5. The van der Waals surface area contributed by atoms with Crippen LogP contribution in [0, 0.1) is 15.5 Å². The van der Waals surface area contributed by atoms with E-state index in [-0.39, 0.29) is 16.4 Å². The molecule has 0 saturated carbocycles. The molecular weight excluding hydrogens is 436 g/mol. The SMILES string of the molecule is O=C(O)c1ncc(N2CCC3(CC2)CCN(C2CCN(c4ccc([N+](=O)[O-])cc4)CC2)C3)cn1. The van der Waals surface area contributed by atoms with Crippen molar-refractivity contribution in [3.05, 3.63) is 52.6 Å². The standard InChI is InChI=1S/C24H30N6O4/c31-23(32)22-25-15-21(16-26-22)28-12-7-24(8-13-28)9-14-29(17-24)19-5-10-27(11-6-19)18-1-3-20(4-2-18)30(33)34/h1-4,15-16,19H,5-14,17H2,(H,31,32). The Labute approximate surface area is 198 Å². The Morgan fingerprint density at radius 1 is 0.941 bits per heavy atom. The van der Waals surface area contributed by atoms with Gasteiger partial charge >= 0.3 is 5.97 Å².